The first-order chi connectivity index (χ1) is 13.7. The molecule has 3 aromatic rings. The number of aliphatic imine (C=N–C) groups is 1. The van der Waals surface area contributed by atoms with Crippen LogP contribution in [0, 0.1) is 0 Å². The highest BCUT2D eigenvalue weighted by Crippen LogP contribution is 2.27. The molecule has 0 unspecified atom stereocenters. The van der Waals surface area contributed by atoms with E-state index in [1.165, 1.54) is 11.8 Å². The Morgan fingerprint density at radius 1 is 1.14 bits per heavy atom. The highest BCUT2D eigenvalue weighted by molar-refractivity contribution is 8.18. The summed E-state index contributed by atoms with van der Waals surface area (Å²) in [6.45, 7) is -0.0778. The van der Waals surface area contributed by atoms with Crippen molar-refractivity contribution in [2.45, 2.75) is 12.5 Å². The molecule has 1 aromatic heterocycles. The largest absolute Gasteiger partial charge is 0.394 e. The lowest BCUT2D eigenvalue weighted by Gasteiger charge is -2.10. The van der Waals surface area contributed by atoms with Gasteiger partial charge in [0.1, 0.15) is 0 Å². The van der Waals surface area contributed by atoms with E-state index in [9.17, 15) is 9.90 Å². The highest BCUT2D eigenvalue weighted by Gasteiger charge is 2.24. The van der Waals surface area contributed by atoms with Crippen LogP contribution in [0.4, 0.5) is 0 Å². The average Bonchev–Trinajstić information content (AvgIpc) is 3.07. The number of amidine groups is 1. The van der Waals surface area contributed by atoms with Crippen LogP contribution >= 0.6 is 11.8 Å². The van der Waals surface area contributed by atoms with E-state index < -0.39 is 0 Å². The molecule has 0 spiro atoms. The van der Waals surface area contributed by atoms with Crippen LogP contribution in [-0.4, -0.2) is 33.8 Å². The van der Waals surface area contributed by atoms with E-state index >= 15 is 0 Å². The number of aromatic nitrogens is 1. The monoisotopic (exact) mass is 389 g/mol. The summed E-state index contributed by atoms with van der Waals surface area (Å²) in [6.07, 6.45) is 4.23. The molecule has 2 heterocycles. The van der Waals surface area contributed by atoms with Crippen molar-refractivity contribution in [3.63, 3.8) is 0 Å². The van der Waals surface area contributed by atoms with Gasteiger partial charge in [0.25, 0.3) is 5.91 Å². The molecule has 1 atom stereocenters. The molecule has 1 saturated heterocycles. The number of carbonyl (C=O) groups is 1. The van der Waals surface area contributed by atoms with Gasteiger partial charge < -0.3 is 10.4 Å². The first-order valence-corrected chi connectivity index (χ1v) is 9.81. The Balaban J connectivity index is 1.52. The summed E-state index contributed by atoms with van der Waals surface area (Å²) in [5.74, 6) is -0.175. The molecule has 2 N–H and O–H groups in total. The molecule has 0 aliphatic carbocycles. The summed E-state index contributed by atoms with van der Waals surface area (Å²) >= 11 is 1.30. The zero-order chi connectivity index (χ0) is 19.3. The second kappa shape index (κ2) is 8.37. The second-order valence-corrected chi connectivity index (χ2v) is 7.51. The van der Waals surface area contributed by atoms with Gasteiger partial charge >= 0.3 is 0 Å². The van der Waals surface area contributed by atoms with Crippen molar-refractivity contribution in [3.05, 3.63) is 82.9 Å². The summed E-state index contributed by atoms with van der Waals surface area (Å²) in [7, 11) is 0. The number of hydrogen-bond donors (Lipinski definition) is 2. The van der Waals surface area contributed by atoms with Crippen LogP contribution in [0.3, 0.4) is 0 Å². The molecule has 140 valence electrons. The first-order valence-electron chi connectivity index (χ1n) is 8.99. The Labute approximate surface area is 167 Å². The Bertz CT molecular complexity index is 1060. The van der Waals surface area contributed by atoms with Crippen LogP contribution < -0.4 is 5.32 Å². The van der Waals surface area contributed by atoms with Crippen molar-refractivity contribution in [2.75, 3.05) is 6.61 Å². The topological polar surface area (TPSA) is 74.6 Å². The summed E-state index contributed by atoms with van der Waals surface area (Å²) in [4.78, 5) is 21.7. The molecule has 1 aliphatic heterocycles. The van der Waals surface area contributed by atoms with E-state index in [1.54, 1.807) is 6.20 Å². The molecule has 28 heavy (non-hydrogen) atoms. The van der Waals surface area contributed by atoms with Crippen molar-refractivity contribution < 1.29 is 9.90 Å². The number of aliphatic hydroxyl groups is 1. The lowest BCUT2D eigenvalue weighted by Crippen LogP contribution is -2.23. The maximum absolute atomic E-state index is 12.3. The van der Waals surface area contributed by atoms with E-state index in [2.05, 4.69) is 15.3 Å². The third-order valence-electron chi connectivity index (χ3n) is 4.40. The van der Waals surface area contributed by atoms with Crippen LogP contribution in [0.1, 0.15) is 11.1 Å². The Morgan fingerprint density at radius 3 is 2.82 bits per heavy atom. The summed E-state index contributed by atoms with van der Waals surface area (Å²) in [5.41, 5.74) is 2.95. The van der Waals surface area contributed by atoms with Crippen molar-refractivity contribution in [3.8, 4) is 0 Å². The average molecular weight is 389 g/mol. The number of nitrogens with zero attached hydrogens (tertiary/aromatic N) is 2. The van der Waals surface area contributed by atoms with Crippen molar-refractivity contribution in [1.29, 1.82) is 0 Å². The van der Waals surface area contributed by atoms with Gasteiger partial charge in [0.15, 0.2) is 5.17 Å². The zero-order valence-corrected chi connectivity index (χ0v) is 15.9. The summed E-state index contributed by atoms with van der Waals surface area (Å²) < 4.78 is 0. The van der Waals surface area contributed by atoms with Crippen LogP contribution in [0.5, 0.6) is 0 Å². The van der Waals surface area contributed by atoms with Crippen LogP contribution in [-0.2, 0) is 11.2 Å². The van der Waals surface area contributed by atoms with E-state index in [0.29, 0.717) is 16.5 Å². The van der Waals surface area contributed by atoms with E-state index in [-0.39, 0.29) is 18.6 Å². The number of aliphatic hydroxyl groups excluding tert-OH is 1. The summed E-state index contributed by atoms with van der Waals surface area (Å²) in [5, 5.41) is 14.0. The molecule has 2 aromatic carbocycles. The van der Waals surface area contributed by atoms with Gasteiger partial charge in [0.2, 0.25) is 0 Å². The smallest absolute Gasteiger partial charge is 0.264 e. The Morgan fingerprint density at radius 2 is 2.00 bits per heavy atom. The van der Waals surface area contributed by atoms with Gasteiger partial charge in [-0.15, -0.1) is 0 Å². The standard InChI is InChI=1S/C22H19N3O2S/c26-14-18(12-15-5-2-1-3-6-15)24-22-25-21(27)20(28-22)13-16-8-9-19-17(11-16)7-4-10-23-19/h1-11,13,18,26H,12,14H2,(H,24,25,27)/t18-/m0/s1. The Kier molecular flexibility index (Phi) is 5.50. The fourth-order valence-electron chi connectivity index (χ4n) is 3.03. The predicted octanol–water partition coefficient (Wildman–Crippen LogP) is 3.40. The minimum Gasteiger partial charge on any atom is -0.394 e. The number of nitrogens with one attached hydrogen (secondary N) is 1. The van der Waals surface area contributed by atoms with E-state index in [0.717, 1.165) is 22.0 Å². The number of hydrogen-bond acceptors (Lipinski definition) is 5. The van der Waals surface area contributed by atoms with Crippen molar-refractivity contribution >= 4 is 39.8 Å². The van der Waals surface area contributed by atoms with Crippen LogP contribution in [0.25, 0.3) is 17.0 Å². The molecule has 1 amide bonds. The molecule has 5 nitrogen and oxygen atoms in total. The number of thioether (sulfide) groups is 1. The van der Waals surface area contributed by atoms with Crippen LogP contribution in [0.15, 0.2) is 76.8 Å². The lowest BCUT2D eigenvalue weighted by atomic mass is 10.1. The normalized spacial score (nSPS) is 18.0. The molecule has 0 bridgehead atoms. The molecule has 0 saturated carbocycles. The molecular formula is C22H19N3O2S. The van der Waals surface area contributed by atoms with Crippen LogP contribution in [0.2, 0.25) is 0 Å². The van der Waals surface area contributed by atoms with Gasteiger partial charge in [0, 0.05) is 11.6 Å². The van der Waals surface area contributed by atoms with Gasteiger partial charge in [-0.2, -0.15) is 0 Å². The number of rotatable bonds is 5. The van der Waals surface area contributed by atoms with Gasteiger partial charge in [-0.25, -0.2) is 0 Å². The maximum Gasteiger partial charge on any atom is 0.264 e. The fraction of sp³-hybridized carbons (Fsp3) is 0.136. The minimum absolute atomic E-state index is 0.0778. The first kappa shape index (κ1) is 18.4. The van der Waals surface area contributed by atoms with Crippen molar-refractivity contribution in [2.24, 2.45) is 4.99 Å². The van der Waals surface area contributed by atoms with Gasteiger partial charge in [0.05, 0.1) is 23.1 Å². The SMILES string of the molecule is O=C1NC(=N[C@H](CO)Cc2ccccc2)SC1=Cc1ccc2ncccc2c1. The van der Waals surface area contributed by atoms with E-state index in [1.807, 2.05) is 66.7 Å². The number of benzene rings is 2. The maximum atomic E-state index is 12.3. The predicted molar refractivity (Wildman–Crippen MR) is 114 cm³/mol. The molecule has 6 heteroatoms. The third-order valence-corrected chi connectivity index (χ3v) is 5.32. The van der Waals surface area contributed by atoms with Gasteiger partial charge in [-0.3, -0.25) is 14.8 Å². The molecule has 1 fully saturated rings. The molecular weight excluding hydrogens is 370 g/mol. The number of carbonyl (C=O) groups excluding carboxylic acids is 1. The van der Waals surface area contributed by atoms with E-state index in [4.69, 9.17) is 0 Å². The molecule has 0 radical (unpaired) electrons. The zero-order valence-electron chi connectivity index (χ0n) is 15.1. The quantitative estimate of drug-likeness (QED) is 0.656. The lowest BCUT2D eigenvalue weighted by molar-refractivity contribution is -0.115. The van der Waals surface area contributed by atoms with Gasteiger partial charge in [-0.05, 0) is 53.6 Å². The number of amides is 1. The second-order valence-electron chi connectivity index (χ2n) is 6.48. The summed E-state index contributed by atoms with van der Waals surface area (Å²) in [6, 6.07) is 19.4. The number of pyridine rings is 1. The van der Waals surface area contributed by atoms with Gasteiger partial charge in [-0.1, -0.05) is 42.5 Å². The molecule has 4 rings (SSSR count). The fourth-order valence-corrected chi connectivity index (χ4v) is 3.92. The highest BCUT2D eigenvalue weighted by atomic mass is 32.2. The Hall–Kier alpha value is -2.96. The third kappa shape index (κ3) is 4.30. The van der Waals surface area contributed by atoms with Crippen molar-refractivity contribution in [1.82, 2.24) is 10.3 Å². The number of fused-ring (bicyclic) bond motifs is 1. The molecule has 1 aliphatic rings. The minimum atomic E-state index is -0.295.